The van der Waals surface area contributed by atoms with E-state index in [9.17, 15) is 9.59 Å². The van der Waals surface area contributed by atoms with Crippen LogP contribution < -0.4 is 10.5 Å². The van der Waals surface area contributed by atoms with Gasteiger partial charge in [0.05, 0.1) is 15.8 Å². The second-order valence-corrected chi connectivity index (χ2v) is 10.0. The molecule has 170 valence electrons. The largest absolute Gasteiger partial charge is 0.365 e. The molecule has 1 aliphatic heterocycles. The van der Waals surface area contributed by atoms with Crippen LogP contribution in [0.4, 0.5) is 5.69 Å². The Bertz CT molecular complexity index is 1420. The lowest BCUT2D eigenvalue weighted by Crippen LogP contribution is -2.55. The third-order valence-electron chi connectivity index (χ3n) is 6.60. The Kier molecular flexibility index (Phi) is 5.44. The van der Waals surface area contributed by atoms with Crippen LogP contribution in [0.2, 0.25) is 0 Å². The number of aryl methyl sites for hydroxylation is 2. The average Bonchev–Trinajstić information content (AvgIpc) is 3.21. The quantitative estimate of drug-likeness (QED) is 0.451. The third kappa shape index (κ3) is 3.70. The van der Waals surface area contributed by atoms with Crippen molar-refractivity contribution in [3.63, 3.8) is 0 Å². The first-order valence-electron chi connectivity index (χ1n) is 11.4. The molecule has 1 aliphatic rings. The minimum Gasteiger partial charge on any atom is -0.365 e. The fraction of sp³-hybridized carbons (Fsp3) is 0.346. The van der Waals surface area contributed by atoms with Gasteiger partial charge in [0, 0.05) is 41.4 Å². The molecule has 3 heterocycles. The summed E-state index contributed by atoms with van der Waals surface area (Å²) in [6.07, 6.45) is 0. The molecule has 0 N–H and O–H groups in total. The summed E-state index contributed by atoms with van der Waals surface area (Å²) >= 11 is 1.58. The molecule has 7 heteroatoms. The number of amides is 1. The maximum atomic E-state index is 13.5. The van der Waals surface area contributed by atoms with Crippen molar-refractivity contribution >= 4 is 43.1 Å². The number of hydrogen-bond donors (Lipinski definition) is 0. The van der Waals surface area contributed by atoms with E-state index in [-0.39, 0.29) is 17.5 Å². The average molecular weight is 461 g/mol. The van der Waals surface area contributed by atoms with Crippen molar-refractivity contribution in [2.75, 3.05) is 24.5 Å². The summed E-state index contributed by atoms with van der Waals surface area (Å²) in [5.74, 6) is -0.0568. The van der Waals surface area contributed by atoms with Crippen molar-refractivity contribution in [3.8, 4) is 0 Å². The Labute approximate surface area is 197 Å². The van der Waals surface area contributed by atoms with Crippen molar-refractivity contribution in [1.29, 1.82) is 0 Å². The van der Waals surface area contributed by atoms with Crippen LogP contribution in [0.1, 0.15) is 31.1 Å². The Balaban J connectivity index is 1.43. The van der Waals surface area contributed by atoms with Crippen molar-refractivity contribution < 1.29 is 4.79 Å². The van der Waals surface area contributed by atoms with Gasteiger partial charge in [0.1, 0.15) is 6.04 Å². The van der Waals surface area contributed by atoms with Gasteiger partial charge in [-0.15, -0.1) is 11.3 Å². The van der Waals surface area contributed by atoms with Gasteiger partial charge in [0.2, 0.25) is 5.91 Å². The Morgan fingerprint density at radius 3 is 2.67 bits per heavy atom. The van der Waals surface area contributed by atoms with Crippen LogP contribution in [0.5, 0.6) is 0 Å². The van der Waals surface area contributed by atoms with Gasteiger partial charge in [-0.25, -0.2) is 4.68 Å². The number of nitrogens with zero attached hydrogens (tertiary/aromatic N) is 4. The van der Waals surface area contributed by atoms with Gasteiger partial charge in [-0.1, -0.05) is 30.3 Å². The van der Waals surface area contributed by atoms with Crippen molar-refractivity contribution in [2.24, 2.45) is 0 Å². The van der Waals surface area contributed by atoms with Gasteiger partial charge in [0.25, 0.3) is 5.56 Å². The molecule has 33 heavy (non-hydrogen) atoms. The Hall–Kier alpha value is -3.19. The molecule has 1 saturated heterocycles. The molecule has 0 unspecified atom stereocenters. The summed E-state index contributed by atoms with van der Waals surface area (Å²) in [4.78, 5) is 31.1. The maximum Gasteiger partial charge on any atom is 0.276 e. The number of carbonyl (C=O) groups is 1. The van der Waals surface area contributed by atoms with Gasteiger partial charge in [-0.3, -0.25) is 9.59 Å². The summed E-state index contributed by atoms with van der Waals surface area (Å²) in [7, 11) is 0. The highest BCUT2D eigenvalue weighted by molar-refractivity contribution is 7.26. The van der Waals surface area contributed by atoms with Gasteiger partial charge in [0.15, 0.2) is 0 Å². The lowest BCUT2D eigenvalue weighted by atomic mass is 10.1. The lowest BCUT2D eigenvalue weighted by molar-refractivity contribution is -0.135. The van der Waals surface area contributed by atoms with Gasteiger partial charge in [-0.2, -0.15) is 5.10 Å². The number of carbonyl (C=O) groups excluding carboxylic acids is 1. The first-order valence-corrected chi connectivity index (χ1v) is 12.2. The summed E-state index contributed by atoms with van der Waals surface area (Å²) in [6.45, 7) is 9.94. The van der Waals surface area contributed by atoms with Crippen LogP contribution in [-0.4, -0.2) is 46.3 Å². The van der Waals surface area contributed by atoms with Crippen LogP contribution in [-0.2, 0) is 4.79 Å². The monoisotopic (exact) mass is 460 g/mol. The van der Waals surface area contributed by atoms with Crippen LogP contribution in [0.3, 0.4) is 0 Å². The van der Waals surface area contributed by atoms with E-state index in [0.717, 1.165) is 27.0 Å². The minimum absolute atomic E-state index is 0.0568. The maximum absolute atomic E-state index is 13.5. The summed E-state index contributed by atoms with van der Waals surface area (Å²) < 4.78 is 3.35. The number of hydrogen-bond acceptors (Lipinski definition) is 5. The van der Waals surface area contributed by atoms with E-state index in [1.165, 1.54) is 15.9 Å². The number of anilines is 1. The first-order chi connectivity index (χ1) is 15.8. The smallest absolute Gasteiger partial charge is 0.276 e. The number of benzene rings is 2. The number of thiophene rings is 1. The predicted molar refractivity (Wildman–Crippen MR) is 135 cm³/mol. The highest BCUT2D eigenvalue weighted by atomic mass is 32.1. The molecular weight excluding hydrogens is 432 g/mol. The predicted octanol–water partition coefficient (Wildman–Crippen LogP) is 4.53. The molecule has 0 spiro atoms. The van der Waals surface area contributed by atoms with Crippen molar-refractivity contribution in [2.45, 2.75) is 39.8 Å². The van der Waals surface area contributed by atoms with Crippen LogP contribution >= 0.6 is 11.3 Å². The first kappa shape index (κ1) is 21.6. The second-order valence-electron chi connectivity index (χ2n) is 8.98. The van der Waals surface area contributed by atoms with E-state index >= 15 is 0 Å². The zero-order valence-electron chi connectivity index (χ0n) is 19.4. The van der Waals surface area contributed by atoms with Crippen molar-refractivity contribution in [3.05, 3.63) is 70.1 Å². The summed E-state index contributed by atoms with van der Waals surface area (Å²) in [5.41, 5.74) is 3.00. The number of aromatic nitrogens is 2. The molecule has 1 amide bonds. The standard InChI is InChI=1S/C26H28N4O2S/c1-16-8-7-9-20(14-16)29-13-12-28(15-17(29)2)25(31)19(4)30-26(32)23-21-10-5-6-11-22(21)33-24(23)18(3)27-30/h5-11,14,17,19H,12-13,15H2,1-4H3/t17-,19-/m1/s1. The highest BCUT2D eigenvalue weighted by Gasteiger charge is 2.31. The van der Waals surface area contributed by atoms with E-state index in [4.69, 9.17) is 0 Å². The molecule has 4 aromatic rings. The van der Waals surface area contributed by atoms with Gasteiger partial charge >= 0.3 is 0 Å². The van der Waals surface area contributed by atoms with E-state index < -0.39 is 6.04 Å². The van der Waals surface area contributed by atoms with Crippen LogP contribution in [0, 0.1) is 13.8 Å². The Morgan fingerprint density at radius 1 is 1.12 bits per heavy atom. The number of piperazine rings is 1. The molecule has 2 atom stereocenters. The van der Waals surface area contributed by atoms with Crippen LogP contribution in [0.15, 0.2) is 53.3 Å². The zero-order chi connectivity index (χ0) is 23.3. The number of rotatable bonds is 3. The molecule has 0 aliphatic carbocycles. The van der Waals surface area contributed by atoms with Gasteiger partial charge in [-0.05, 0) is 51.5 Å². The molecule has 5 rings (SSSR count). The SMILES string of the molecule is Cc1cccc(N2CCN(C(=O)[C@@H](C)n3nc(C)c4sc5ccccc5c4c3=O)C[C@H]2C)c1. The lowest BCUT2D eigenvalue weighted by Gasteiger charge is -2.42. The minimum atomic E-state index is -0.656. The van der Waals surface area contributed by atoms with E-state index in [2.05, 4.69) is 48.1 Å². The fourth-order valence-corrected chi connectivity index (χ4v) is 5.99. The summed E-state index contributed by atoms with van der Waals surface area (Å²) in [5, 5.41) is 6.16. The molecule has 1 fully saturated rings. The molecule has 2 aromatic carbocycles. The fourth-order valence-electron chi connectivity index (χ4n) is 4.86. The van der Waals surface area contributed by atoms with Crippen molar-refractivity contribution in [1.82, 2.24) is 14.7 Å². The molecule has 0 saturated carbocycles. The molecule has 0 bridgehead atoms. The third-order valence-corrected chi connectivity index (χ3v) is 7.88. The molecule has 2 aromatic heterocycles. The molecule has 6 nitrogen and oxygen atoms in total. The van der Waals surface area contributed by atoms with E-state index in [1.54, 1.807) is 18.3 Å². The van der Waals surface area contributed by atoms with Crippen LogP contribution in [0.25, 0.3) is 20.2 Å². The van der Waals surface area contributed by atoms with Gasteiger partial charge < -0.3 is 9.80 Å². The van der Waals surface area contributed by atoms with E-state index in [0.29, 0.717) is 18.5 Å². The van der Waals surface area contributed by atoms with E-state index in [1.807, 2.05) is 36.1 Å². The zero-order valence-corrected chi connectivity index (χ0v) is 20.2. The highest BCUT2D eigenvalue weighted by Crippen LogP contribution is 2.33. The second kappa shape index (κ2) is 8.30. The molecular formula is C26H28N4O2S. The topological polar surface area (TPSA) is 58.4 Å². The number of fused-ring (bicyclic) bond motifs is 3. The summed E-state index contributed by atoms with van der Waals surface area (Å²) in [6, 6.07) is 15.9. The molecule has 0 radical (unpaired) electrons. The normalized spacial score (nSPS) is 17.6. The Morgan fingerprint density at radius 2 is 1.91 bits per heavy atom.